The lowest BCUT2D eigenvalue weighted by molar-refractivity contribution is 0.0755. The van der Waals surface area contributed by atoms with Crippen LogP contribution >= 0.6 is 28.1 Å². The van der Waals surface area contributed by atoms with Crippen molar-refractivity contribution in [2.75, 3.05) is 25.0 Å². The van der Waals surface area contributed by atoms with E-state index in [0.29, 0.717) is 29.2 Å². The third-order valence-electron chi connectivity index (χ3n) is 5.33. The lowest BCUT2D eigenvalue weighted by atomic mass is 10.1. The van der Waals surface area contributed by atoms with E-state index in [-0.39, 0.29) is 16.9 Å². The van der Waals surface area contributed by atoms with Crippen molar-refractivity contribution < 1.29 is 14.3 Å². The molecule has 2 N–H and O–H groups in total. The Kier molecular flexibility index (Phi) is 12.8. The van der Waals surface area contributed by atoms with E-state index >= 15 is 0 Å². The summed E-state index contributed by atoms with van der Waals surface area (Å²) in [5, 5.41) is 5.90. The fourth-order valence-electron chi connectivity index (χ4n) is 3.58. The SMILES string of the molecule is CCCCCCOc1ccc(Br)cc1C(=O)NC(=S)Nc1ccc(C(=O)N(CCC)CCC)cc1. The molecule has 0 aliphatic rings. The molecule has 0 aliphatic carbocycles. The van der Waals surface area contributed by atoms with Gasteiger partial charge in [0.2, 0.25) is 0 Å². The van der Waals surface area contributed by atoms with Crippen LogP contribution in [-0.2, 0) is 0 Å². The monoisotopic (exact) mass is 561 g/mol. The van der Waals surface area contributed by atoms with Gasteiger partial charge in [0.15, 0.2) is 5.11 Å². The molecule has 0 radical (unpaired) electrons. The van der Waals surface area contributed by atoms with E-state index in [1.807, 2.05) is 11.0 Å². The Bertz CT molecular complexity index is 976. The minimum atomic E-state index is -0.353. The highest BCUT2D eigenvalue weighted by atomic mass is 79.9. The molecule has 0 saturated heterocycles. The number of amides is 2. The number of hydrogen-bond acceptors (Lipinski definition) is 4. The van der Waals surface area contributed by atoms with Gasteiger partial charge in [0.05, 0.1) is 12.2 Å². The first-order chi connectivity index (χ1) is 16.9. The number of nitrogens with zero attached hydrogens (tertiary/aromatic N) is 1. The molecule has 0 fully saturated rings. The Balaban J connectivity index is 1.98. The Morgan fingerprint density at radius 2 is 1.63 bits per heavy atom. The number of thiocarbonyl (C=S) groups is 1. The van der Waals surface area contributed by atoms with Gasteiger partial charge in [-0.15, -0.1) is 0 Å². The zero-order valence-electron chi connectivity index (χ0n) is 20.9. The van der Waals surface area contributed by atoms with Crippen LogP contribution in [0.4, 0.5) is 5.69 Å². The molecule has 2 aromatic carbocycles. The first kappa shape index (κ1) is 28.8. The van der Waals surface area contributed by atoms with Gasteiger partial charge in [-0.1, -0.05) is 56.0 Å². The van der Waals surface area contributed by atoms with Crippen LogP contribution in [-0.4, -0.2) is 41.5 Å². The van der Waals surface area contributed by atoms with E-state index in [1.54, 1.807) is 36.4 Å². The lowest BCUT2D eigenvalue weighted by Gasteiger charge is -2.21. The number of halogens is 1. The molecule has 2 rings (SSSR count). The van der Waals surface area contributed by atoms with Crippen LogP contribution in [0.3, 0.4) is 0 Å². The maximum atomic E-state index is 12.9. The number of benzene rings is 2. The van der Waals surface area contributed by atoms with Gasteiger partial charge < -0.3 is 15.0 Å². The molecule has 0 saturated carbocycles. The first-order valence-electron chi connectivity index (χ1n) is 12.3. The minimum absolute atomic E-state index is 0.0213. The maximum Gasteiger partial charge on any atom is 0.261 e. The molecular weight excluding hydrogens is 526 g/mol. The number of hydrogen-bond donors (Lipinski definition) is 2. The van der Waals surface area contributed by atoms with Gasteiger partial charge in [-0.05, 0) is 73.9 Å². The quantitative estimate of drug-likeness (QED) is 0.208. The zero-order chi connectivity index (χ0) is 25.6. The van der Waals surface area contributed by atoms with Crippen molar-refractivity contribution in [2.24, 2.45) is 0 Å². The van der Waals surface area contributed by atoms with Crippen LogP contribution in [0, 0.1) is 0 Å². The topological polar surface area (TPSA) is 70.7 Å². The first-order valence-corrected chi connectivity index (χ1v) is 13.5. The second-order valence-corrected chi connectivity index (χ2v) is 9.65. The highest BCUT2D eigenvalue weighted by Gasteiger charge is 2.16. The van der Waals surface area contributed by atoms with Crippen LogP contribution in [0.15, 0.2) is 46.9 Å². The molecule has 2 amide bonds. The van der Waals surface area contributed by atoms with E-state index < -0.39 is 0 Å². The fourth-order valence-corrected chi connectivity index (χ4v) is 4.15. The summed E-state index contributed by atoms with van der Waals surface area (Å²) in [6, 6.07) is 12.5. The van der Waals surface area contributed by atoms with Gasteiger partial charge >= 0.3 is 0 Å². The second-order valence-electron chi connectivity index (χ2n) is 8.33. The second kappa shape index (κ2) is 15.5. The highest BCUT2D eigenvalue weighted by Crippen LogP contribution is 2.24. The molecule has 0 spiro atoms. The number of ether oxygens (including phenoxy) is 1. The molecule has 0 aliphatic heterocycles. The summed E-state index contributed by atoms with van der Waals surface area (Å²) in [4.78, 5) is 27.5. The molecule has 0 atom stereocenters. The molecule has 35 heavy (non-hydrogen) atoms. The number of unbranched alkanes of at least 4 members (excludes halogenated alkanes) is 3. The van der Waals surface area contributed by atoms with Crippen molar-refractivity contribution >= 4 is 50.8 Å². The van der Waals surface area contributed by atoms with Crippen LogP contribution in [0.1, 0.15) is 80.0 Å². The Morgan fingerprint density at radius 1 is 0.943 bits per heavy atom. The van der Waals surface area contributed by atoms with E-state index in [1.165, 1.54) is 6.42 Å². The van der Waals surface area contributed by atoms with E-state index in [9.17, 15) is 9.59 Å². The largest absolute Gasteiger partial charge is 0.493 e. The maximum absolute atomic E-state index is 12.9. The number of carbonyl (C=O) groups excluding carboxylic acids is 2. The van der Waals surface area contributed by atoms with Crippen LogP contribution in [0.2, 0.25) is 0 Å². The molecular formula is C27H36BrN3O3S. The minimum Gasteiger partial charge on any atom is -0.493 e. The average molecular weight is 563 g/mol. The van der Waals surface area contributed by atoms with Gasteiger partial charge in [-0.2, -0.15) is 0 Å². The van der Waals surface area contributed by atoms with Crippen molar-refractivity contribution in [3.05, 3.63) is 58.1 Å². The molecule has 0 heterocycles. The summed E-state index contributed by atoms with van der Waals surface area (Å²) in [5.74, 6) is 0.193. The summed E-state index contributed by atoms with van der Waals surface area (Å²) in [7, 11) is 0. The predicted octanol–water partition coefficient (Wildman–Crippen LogP) is 6.80. The van der Waals surface area contributed by atoms with Crippen molar-refractivity contribution in [2.45, 2.75) is 59.3 Å². The molecule has 0 aromatic heterocycles. The molecule has 0 unspecified atom stereocenters. The van der Waals surface area contributed by atoms with Gasteiger partial charge in [-0.25, -0.2) is 0 Å². The standard InChI is InChI=1S/C27H36BrN3O3S/c1-4-7-8-9-18-34-24-15-12-21(28)19-23(24)25(32)30-27(35)29-22-13-10-20(11-14-22)26(33)31(16-5-2)17-6-3/h10-15,19H,4-9,16-18H2,1-3H3,(H2,29,30,32,35). The summed E-state index contributed by atoms with van der Waals surface area (Å²) < 4.78 is 6.65. The van der Waals surface area contributed by atoms with Crippen molar-refractivity contribution in [3.8, 4) is 5.75 Å². The zero-order valence-corrected chi connectivity index (χ0v) is 23.3. The molecule has 0 bridgehead atoms. The average Bonchev–Trinajstić information content (AvgIpc) is 2.84. The van der Waals surface area contributed by atoms with E-state index in [0.717, 1.165) is 49.7 Å². The van der Waals surface area contributed by atoms with Crippen molar-refractivity contribution in [3.63, 3.8) is 0 Å². The van der Waals surface area contributed by atoms with Crippen LogP contribution < -0.4 is 15.4 Å². The molecule has 190 valence electrons. The van der Waals surface area contributed by atoms with Gasteiger partial charge in [0.25, 0.3) is 11.8 Å². The highest BCUT2D eigenvalue weighted by molar-refractivity contribution is 9.10. The third-order valence-corrected chi connectivity index (χ3v) is 6.03. The van der Waals surface area contributed by atoms with Crippen LogP contribution in [0.5, 0.6) is 5.75 Å². The Labute approximate surface area is 222 Å². The summed E-state index contributed by atoms with van der Waals surface area (Å²) in [6.07, 6.45) is 6.21. The summed E-state index contributed by atoms with van der Waals surface area (Å²) in [5.41, 5.74) is 1.72. The number of rotatable bonds is 13. The molecule has 6 nitrogen and oxygen atoms in total. The summed E-state index contributed by atoms with van der Waals surface area (Å²) in [6.45, 7) is 8.33. The van der Waals surface area contributed by atoms with Gasteiger partial charge in [0, 0.05) is 28.8 Å². The van der Waals surface area contributed by atoms with Gasteiger partial charge in [0.1, 0.15) is 5.75 Å². The predicted molar refractivity (Wildman–Crippen MR) is 150 cm³/mol. The third kappa shape index (κ3) is 9.61. The van der Waals surface area contributed by atoms with E-state index in [4.69, 9.17) is 17.0 Å². The Morgan fingerprint density at radius 3 is 2.26 bits per heavy atom. The normalized spacial score (nSPS) is 10.5. The number of carbonyl (C=O) groups is 2. The van der Waals surface area contributed by atoms with Gasteiger partial charge in [-0.3, -0.25) is 14.9 Å². The van der Waals surface area contributed by atoms with Crippen molar-refractivity contribution in [1.29, 1.82) is 0 Å². The lowest BCUT2D eigenvalue weighted by Crippen LogP contribution is -2.34. The summed E-state index contributed by atoms with van der Waals surface area (Å²) >= 11 is 8.77. The Hall–Kier alpha value is -2.45. The molecule has 2 aromatic rings. The smallest absolute Gasteiger partial charge is 0.261 e. The fraction of sp³-hybridized carbons (Fsp3) is 0.444. The molecule has 8 heteroatoms. The number of nitrogens with one attached hydrogen (secondary N) is 2. The number of anilines is 1. The van der Waals surface area contributed by atoms with Crippen LogP contribution in [0.25, 0.3) is 0 Å². The van der Waals surface area contributed by atoms with Crippen molar-refractivity contribution in [1.82, 2.24) is 10.2 Å². The van der Waals surface area contributed by atoms with E-state index in [2.05, 4.69) is 47.3 Å².